The van der Waals surface area contributed by atoms with E-state index in [1.54, 1.807) is 12.1 Å². The van der Waals surface area contributed by atoms with Gasteiger partial charge in [-0.2, -0.15) is 0 Å². The zero-order chi connectivity index (χ0) is 7.19. The maximum absolute atomic E-state index is 12.7. The molecule has 0 bridgehead atoms. The van der Waals surface area contributed by atoms with Gasteiger partial charge in [0.1, 0.15) is 6.54 Å². The predicted octanol–water partition coefficient (Wildman–Crippen LogP) is -2.73. The molecule has 62 valence electrons. The lowest BCUT2D eigenvalue weighted by atomic mass is 10.1. The van der Waals surface area contributed by atoms with Crippen molar-refractivity contribution in [3.8, 4) is 0 Å². The van der Waals surface area contributed by atoms with Crippen LogP contribution in [0.3, 0.4) is 0 Å². The molecule has 6 heteroatoms. The highest BCUT2D eigenvalue weighted by molar-refractivity contribution is 6.50. The molecule has 0 saturated carbocycles. The number of furan rings is 1. The average molecular weight is 165 g/mol. The minimum Gasteiger partial charge on any atom is -1.00 e. The minimum absolute atomic E-state index is 0. The number of hydrogen-bond acceptors (Lipinski definition) is 0. The summed E-state index contributed by atoms with van der Waals surface area (Å²) in [5, 5.41) is 1.04. The van der Waals surface area contributed by atoms with Crippen LogP contribution in [0.1, 0.15) is 5.76 Å². The van der Waals surface area contributed by atoms with E-state index in [0.29, 0.717) is 12.3 Å². The maximum atomic E-state index is 12.7. The standard InChI is InChI=1S/C5H7BF2NO.FH/c7-6(8)9-4-5-2-1-3-10(5)6;/h1-3H,4,9H2;1H/q+1;/p-1. The van der Waals surface area contributed by atoms with Gasteiger partial charge in [-0.1, -0.05) is 0 Å². The van der Waals surface area contributed by atoms with E-state index < -0.39 is 7.04 Å². The van der Waals surface area contributed by atoms with Gasteiger partial charge in [0.05, 0.1) is 0 Å². The Morgan fingerprint density at radius 1 is 1.55 bits per heavy atom. The quantitative estimate of drug-likeness (QED) is 0.318. The number of quaternary nitrogens is 1. The monoisotopic (exact) mass is 165 g/mol. The molecule has 1 aliphatic rings. The summed E-state index contributed by atoms with van der Waals surface area (Å²) in [6.07, 6.45) is 1.35. The Hall–Kier alpha value is -0.905. The molecule has 0 aliphatic carbocycles. The predicted molar refractivity (Wildman–Crippen MR) is 32.3 cm³/mol. The van der Waals surface area contributed by atoms with E-state index in [9.17, 15) is 8.63 Å². The normalized spacial score (nSPS) is 19.1. The summed E-state index contributed by atoms with van der Waals surface area (Å²) in [4.78, 5) is 0. The van der Waals surface area contributed by atoms with Crippen molar-refractivity contribution < 1.29 is 22.5 Å². The van der Waals surface area contributed by atoms with Gasteiger partial charge in [-0.05, 0) is 0 Å². The van der Waals surface area contributed by atoms with Crippen LogP contribution in [-0.4, -0.2) is 7.04 Å². The summed E-state index contributed by atoms with van der Waals surface area (Å²) in [7, 11) is -3.45. The highest BCUT2D eigenvalue weighted by Crippen LogP contribution is 2.22. The number of rotatable bonds is 0. The molecule has 2 heterocycles. The molecule has 0 amide bonds. The molecule has 0 atom stereocenters. The lowest BCUT2D eigenvalue weighted by molar-refractivity contribution is -0.565. The summed E-state index contributed by atoms with van der Waals surface area (Å²) < 4.78 is 27.3. The highest BCUT2D eigenvalue weighted by Gasteiger charge is 2.55. The molecule has 2 rings (SSSR count). The van der Waals surface area contributed by atoms with E-state index in [2.05, 4.69) is 0 Å². The second-order valence-electron chi connectivity index (χ2n) is 2.42. The number of fused-ring (bicyclic) bond motifs is 1. The minimum atomic E-state index is -3.45. The van der Waals surface area contributed by atoms with E-state index in [1.807, 2.05) is 3.96 Å². The Labute approximate surface area is 61.3 Å². The Bertz CT molecular complexity index is 262. The topological polar surface area (TPSA) is 19.3 Å². The van der Waals surface area contributed by atoms with Crippen LogP contribution in [0.4, 0.5) is 8.63 Å². The van der Waals surface area contributed by atoms with Crippen LogP contribution >= 0.6 is 0 Å². The van der Waals surface area contributed by atoms with Crippen molar-refractivity contribution in [3.05, 3.63) is 24.2 Å². The lowest BCUT2D eigenvalue weighted by Gasteiger charge is -2.09. The van der Waals surface area contributed by atoms with E-state index in [4.69, 9.17) is 0 Å². The number of halogens is 3. The third kappa shape index (κ3) is 1.03. The van der Waals surface area contributed by atoms with E-state index in [-0.39, 0.29) is 4.70 Å². The third-order valence-electron chi connectivity index (χ3n) is 1.74. The second-order valence-corrected chi connectivity index (χ2v) is 2.42. The molecule has 0 spiro atoms. The van der Waals surface area contributed by atoms with Gasteiger partial charge in [0.2, 0.25) is 5.76 Å². The van der Waals surface area contributed by atoms with Crippen LogP contribution < -0.4 is 9.93 Å². The Morgan fingerprint density at radius 2 is 2.27 bits per heavy atom. The molecule has 0 unspecified atom stereocenters. The van der Waals surface area contributed by atoms with Gasteiger partial charge in [-0.3, -0.25) is 0 Å². The number of nitrogens with two attached hydrogens (primary N) is 1. The van der Waals surface area contributed by atoms with Crippen molar-refractivity contribution in [1.29, 1.82) is 0 Å². The zero-order valence-corrected chi connectivity index (χ0v) is 5.64. The SMILES string of the molecule is F[B-]1(F)[NH2+]Cc2ccc[o+]21.[F-]. The third-order valence-corrected chi connectivity index (χ3v) is 1.74. The molecule has 0 aromatic carbocycles. The van der Waals surface area contributed by atoms with Gasteiger partial charge >= 0.3 is 7.04 Å². The van der Waals surface area contributed by atoms with Crippen molar-refractivity contribution in [2.75, 3.05) is 0 Å². The van der Waals surface area contributed by atoms with Crippen LogP contribution in [-0.2, 0) is 6.54 Å². The smallest absolute Gasteiger partial charge is 0.926 e. The molecular weight excluding hydrogens is 158 g/mol. The fourth-order valence-electron chi connectivity index (χ4n) is 1.23. The van der Waals surface area contributed by atoms with E-state index in [1.165, 1.54) is 6.26 Å². The summed E-state index contributed by atoms with van der Waals surface area (Å²) in [6.45, 7) is 0.366. The Balaban J connectivity index is 0.000000605. The van der Waals surface area contributed by atoms with Crippen LogP contribution in [0.5, 0.6) is 0 Å². The van der Waals surface area contributed by atoms with Crippen LogP contribution in [0.25, 0.3) is 0 Å². The molecule has 1 aromatic rings. The maximum Gasteiger partial charge on any atom is 0.926 e. The molecule has 1 aliphatic heterocycles. The summed E-state index contributed by atoms with van der Waals surface area (Å²) in [5.41, 5.74) is 0. The van der Waals surface area contributed by atoms with Gasteiger partial charge in [0, 0.05) is 12.1 Å². The lowest BCUT2D eigenvalue weighted by Crippen LogP contribution is -3.00. The molecular formula is C5H7BF3NO. The van der Waals surface area contributed by atoms with Crippen molar-refractivity contribution in [2.24, 2.45) is 0 Å². The molecule has 0 saturated heterocycles. The van der Waals surface area contributed by atoms with Crippen molar-refractivity contribution in [1.82, 2.24) is 0 Å². The van der Waals surface area contributed by atoms with Crippen molar-refractivity contribution in [2.45, 2.75) is 6.54 Å². The van der Waals surface area contributed by atoms with Crippen molar-refractivity contribution in [3.63, 3.8) is 0 Å². The fraction of sp³-hybridized carbons (Fsp3) is 0.200. The zero-order valence-electron chi connectivity index (χ0n) is 5.64. The molecule has 11 heavy (non-hydrogen) atoms. The summed E-state index contributed by atoms with van der Waals surface area (Å²) in [6, 6.07) is 3.30. The van der Waals surface area contributed by atoms with Gasteiger partial charge < -0.3 is 22.5 Å². The first-order valence-electron chi connectivity index (χ1n) is 3.16. The van der Waals surface area contributed by atoms with E-state index in [0.717, 1.165) is 5.23 Å². The van der Waals surface area contributed by atoms with Crippen LogP contribution in [0.15, 0.2) is 22.4 Å². The van der Waals surface area contributed by atoms with Gasteiger partial charge in [-0.15, -0.1) is 0 Å². The summed E-state index contributed by atoms with van der Waals surface area (Å²) >= 11 is 0. The average Bonchev–Trinajstić information content (AvgIpc) is 2.36. The van der Waals surface area contributed by atoms with Crippen molar-refractivity contribution >= 4 is 7.04 Å². The first kappa shape index (κ1) is 8.19. The highest BCUT2D eigenvalue weighted by atomic mass is 19.3. The molecule has 0 fully saturated rings. The van der Waals surface area contributed by atoms with Crippen LogP contribution in [0, 0.1) is 0 Å². The van der Waals surface area contributed by atoms with Gasteiger partial charge in [0.25, 0.3) is 0 Å². The van der Waals surface area contributed by atoms with Crippen LogP contribution in [0.2, 0.25) is 0 Å². The molecule has 2 N–H and O–H groups in total. The van der Waals surface area contributed by atoms with E-state index >= 15 is 0 Å². The largest absolute Gasteiger partial charge is 1.00 e. The molecule has 1 aromatic heterocycles. The first-order valence-corrected chi connectivity index (χ1v) is 3.16. The van der Waals surface area contributed by atoms with Gasteiger partial charge in [-0.25, -0.2) is 0 Å². The Morgan fingerprint density at radius 3 is 2.91 bits per heavy atom. The number of hydrogen-bond donors (Lipinski definition) is 1. The Kier molecular flexibility index (Phi) is 1.71. The fourth-order valence-corrected chi connectivity index (χ4v) is 1.23. The second kappa shape index (κ2) is 2.30. The summed E-state index contributed by atoms with van der Waals surface area (Å²) in [5.74, 6) is 0.630. The first-order chi connectivity index (χ1) is 4.70. The molecule has 2 nitrogen and oxygen atoms in total. The van der Waals surface area contributed by atoms with Gasteiger partial charge in [0.15, 0.2) is 6.26 Å². The molecule has 0 radical (unpaired) electrons.